The molecule has 0 atom stereocenters. The lowest BCUT2D eigenvalue weighted by Gasteiger charge is -2.19. The topological polar surface area (TPSA) is 81.9 Å². The number of hydrogen-bond acceptors (Lipinski definition) is 5. The summed E-state index contributed by atoms with van der Waals surface area (Å²) in [5, 5.41) is 7.49. The first-order valence-electron chi connectivity index (χ1n) is 5.92. The Morgan fingerprint density at radius 1 is 1.37 bits per heavy atom. The molecule has 102 valence electrons. The third-order valence-electron chi connectivity index (χ3n) is 2.40. The molecule has 2 aromatic heterocycles. The SMILES string of the molecule is Cc1nc(NC(=O)OC(C)(C)C)nc2c1cnn2C. The van der Waals surface area contributed by atoms with Gasteiger partial charge in [0.2, 0.25) is 5.95 Å². The summed E-state index contributed by atoms with van der Waals surface area (Å²) in [4.78, 5) is 20.1. The molecule has 0 bridgehead atoms. The number of carbonyl (C=O) groups excluding carboxylic acids is 1. The van der Waals surface area contributed by atoms with Crippen molar-refractivity contribution in [3.63, 3.8) is 0 Å². The Morgan fingerprint density at radius 3 is 2.68 bits per heavy atom. The molecular weight excluding hydrogens is 246 g/mol. The molecule has 2 heterocycles. The Balaban J connectivity index is 2.26. The molecule has 0 aliphatic carbocycles. The lowest BCUT2D eigenvalue weighted by Crippen LogP contribution is -2.27. The minimum Gasteiger partial charge on any atom is -0.444 e. The summed E-state index contributed by atoms with van der Waals surface area (Å²) in [7, 11) is 1.78. The Kier molecular flexibility index (Phi) is 3.13. The van der Waals surface area contributed by atoms with Crippen molar-refractivity contribution in [2.45, 2.75) is 33.3 Å². The zero-order chi connectivity index (χ0) is 14.2. The molecule has 0 radical (unpaired) electrons. The van der Waals surface area contributed by atoms with Gasteiger partial charge in [0, 0.05) is 7.05 Å². The lowest BCUT2D eigenvalue weighted by atomic mass is 10.2. The fourth-order valence-corrected chi connectivity index (χ4v) is 1.61. The molecule has 0 aromatic carbocycles. The van der Waals surface area contributed by atoms with Crippen LogP contribution < -0.4 is 5.32 Å². The van der Waals surface area contributed by atoms with E-state index in [1.807, 2.05) is 6.92 Å². The van der Waals surface area contributed by atoms with Crippen molar-refractivity contribution in [3.05, 3.63) is 11.9 Å². The Hall–Kier alpha value is -2.18. The molecule has 0 aliphatic heterocycles. The molecule has 1 amide bonds. The molecule has 0 saturated heterocycles. The largest absolute Gasteiger partial charge is 0.444 e. The van der Waals surface area contributed by atoms with Crippen LogP contribution in [0.25, 0.3) is 11.0 Å². The number of nitrogens with zero attached hydrogens (tertiary/aromatic N) is 4. The normalized spacial score (nSPS) is 11.6. The van der Waals surface area contributed by atoms with Crippen LogP contribution in [0.2, 0.25) is 0 Å². The lowest BCUT2D eigenvalue weighted by molar-refractivity contribution is 0.0634. The van der Waals surface area contributed by atoms with Crippen molar-refractivity contribution in [2.75, 3.05) is 5.32 Å². The van der Waals surface area contributed by atoms with E-state index in [-0.39, 0.29) is 5.95 Å². The molecular formula is C12H17N5O2. The van der Waals surface area contributed by atoms with E-state index >= 15 is 0 Å². The fourth-order valence-electron chi connectivity index (χ4n) is 1.61. The van der Waals surface area contributed by atoms with Crippen LogP contribution in [0.5, 0.6) is 0 Å². The van der Waals surface area contributed by atoms with Crippen molar-refractivity contribution in [1.29, 1.82) is 0 Å². The Bertz CT molecular complexity index is 627. The minimum atomic E-state index is -0.576. The quantitative estimate of drug-likeness (QED) is 0.851. The summed E-state index contributed by atoms with van der Waals surface area (Å²) >= 11 is 0. The van der Waals surface area contributed by atoms with Gasteiger partial charge >= 0.3 is 6.09 Å². The highest BCUT2D eigenvalue weighted by Gasteiger charge is 2.18. The van der Waals surface area contributed by atoms with E-state index in [4.69, 9.17) is 4.74 Å². The van der Waals surface area contributed by atoms with Crippen molar-refractivity contribution in [2.24, 2.45) is 7.05 Å². The van der Waals surface area contributed by atoms with Crippen LogP contribution in [-0.4, -0.2) is 31.4 Å². The first kappa shape index (κ1) is 13.3. The van der Waals surface area contributed by atoms with Gasteiger partial charge in [-0.2, -0.15) is 10.1 Å². The standard InChI is InChI=1S/C12H17N5O2/c1-7-8-6-13-17(5)9(8)15-10(14-7)16-11(18)19-12(2,3)4/h6H,1-5H3,(H,14,15,16,18). The van der Waals surface area contributed by atoms with E-state index in [1.54, 1.807) is 38.7 Å². The maximum Gasteiger partial charge on any atom is 0.414 e. The highest BCUT2D eigenvalue weighted by atomic mass is 16.6. The number of anilines is 1. The maximum atomic E-state index is 11.7. The first-order valence-corrected chi connectivity index (χ1v) is 5.92. The van der Waals surface area contributed by atoms with Gasteiger partial charge in [-0.15, -0.1) is 0 Å². The molecule has 0 aliphatic rings. The molecule has 1 N–H and O–H groups in total. The fraction of sp³-hybridized carbons (Fsp3) is 0.500. The third-order valence-corrected chi connectivity index (χ3v) is 2.40. The molecule has 19 heavy (non-hydrogen) atoms. The van der Waals surface area contributed by atoms with Gasteiger partial charge in [0.15, 0.2) is 5.65 Å². The van der Waals surface area contributed by atoms with Gasteiger partial charge in [0.05, 0.1) is 17.3 Å². The average molecular weight is 263 g/mol. The number of aromatic nitrogens is 4. The van der Waals surface area contributed by atoms with Crippen molar-refractivity contribution in [1.82, 2.24) is 19.7 Å². The van der Waals surface area contributed by atoms with E-state index in [0.717, 1.165) is 11.1 Å². The van der Waals surface area contributed by atoms with Crippen LogP contribution in [0.3, 0.4) is 0 Å². The average Bonchev–Trinajstić information content (AvgIpc) is 2.58. The van der Waals surface area contributed by atoms with Crippen molar-refractivity contribution >= 4 is 23.1 Å². The van der Waals surface area contributed by atoms with E-state index in [9.17, 15) is 4.79 Å². The second kappa shape index (κ2) is 4.49. The van der Waals surface area contributed by atoms with Gasteiger partial charge in [-0.25, -0.2) is 9.78 Å². The van der Waals surface area contributed by atoms with Crippen LogP contribution in [0.4, 0.5) is 10.7 Å². The number of rotatable bonds is 1. The predicted octanol–water partition coefficient (Wildman–Crippen LogP) is 2.02. The van der Waals surface area contributed by atoms with E-state index in [0.29, 0.717) is 5.65 Å². The molecule has 7 nitrogen and oxygen atoms in total. The summed E-state index contributed by atoms with van der Waals surface area (Å²) in [6.45, 7) is 7.22. The number of carbonyl (C=O) groups is 1. The zero-order valence-electron chi connectivity index (χ0n) is 11.7. The number of aryl methyl sites for hydroxylation is 2. The van der Waals surface area contributed by atoms with Crippen molar-refractivity contribution in [3.8, 4) is 0 Å². The first-order chi connectivity index (χ1) is 8.76. The molecule has 0 saturated carbocycles. The number of hydrogen-bond donors (Lipinski definition) is 1. The smallest absolute Gasteiger partial charge is 0.414 e. The Morgan fingerprint density at radius 2 is 2.05 bits per heavy atom. The van der Waals surface area contributed by atoms with Gasteiger partial charge in [-0.1, -0.05) is 0 Å². The number of nitrogens with one attached hydrogen (secondary N) is 1. The third kappa shape index (κ3) is 2.98. The molecule has 0 fully saturated rings. The molecule has 2 rings (SSSR count). The zero-order valence-corrected chi connectivity index (χ0v) is 11.7. The van der Waals surface area contributed by atoms with Crippen LogP contribution >= 0.6 is 0 Å². The summed E-state index contributed by atoms with van der Waals surface area (Å²) in [6, 6.07) is 0. The van der Waals surface area contributed by atoms with E-state index in [1.165, 1.54) is 0 Å². The summed E-state index contributed by atoms with van der Waals surface area (Å²) < 4.78 is 6.78. The van der Waals surface area contributed by atoms with E-state index < -0.39 is 11.7 Å². The number of fused-ring (bicyclic) bond motifs is 1. The van der Waals surface area contributed by atoms with Crippen LogP contribution in [0.1, 0.15) is 26.5 Å². The van der Waals surface area contributed by atoms with Gasteiger partial charge in [-0.05, 0) is 27.7 Å². The molecule has 0 spiro atoms. The minimum absolute atomic E-state index is 0.211. The summed E-state index contributed by atoms with van der Waals surface area (Å²) in [5.41, 5.74) is 0.859. The number of amides is 1. The van der Waals surface area contributed by atoms with Crippen molar-refractivity contribution < 1.29 is 9.53 Å². The second-order valence-corrected chi connectivity index (χ2v) is 5.26. The highest BCUT2D eigenvalue weighted by molar-refractivity contribution is 5.85. The van der Waals surface area contributed by atoms with Crippen LogP contribution in [0.15, 0.2) is 6.20 Å². The van der Waals surface area contributed by atoms with E-state index in [2.05, 4.69) is 20.4 Å². The van der Waals surface area contributed by atoms with Gasteiger partial charge < -0.3 is 4.74 Å². The van der Waals surface area contributed by atoms with Gasteiger partial charge in [0.1, 0.15) is 5.60 Å². The van der Waals surface area contributed by atoms with Gasteiger partial charge in [-0.3, -0.25) is 10.00 Å². The second-order valence-electron chi connectivity index (χ2n) is 5.26. The molecule has 2 aromatic rings. The molecule has 7 heteroatoms. The van der Waals surface area contributed by atoms with Crippen LogP contribution in [-0.2, 0) is 11.8 Å². The molecule has 0 unspecified atom stereocenters. The maximum absolute atomic E-state index is 11.7. The summed E-state index contributed by atoms with van der Waals surface area (Å²) in [5.74, 6) is 0.211. The van der Waals surface area contributed by atoms with Crippen LogP contribution in [0, 0.1) is 6.92 Å². The van der Waals surface area contributed by atoms with Gasteiger partial charge in [0.25, 0.3) is 0 Å². The predicted molar refractivity (Wildman–Crippen MR) is 70.9 cm³/mol. The Labute approximate surface area is 111 Å². The number of ether oxygens (including phenoxy) is 1. The monoisotopic (exact) mass is 263 g/mol. The summed E-state index contributed by atoms with van der Waals surface area (Å²) in [6.07, 6.45) is 1.12. The highest BCUT2D eigenvalue weighted by Crippen LogP contribution is 2.16.